The second-order valence-corrected chi connectivity index (χ2v) is 8.54. The van der Waals surface area contributed by atoms with Crippen LogP contribution in [0, 0.1) is 6.92 Å². The summed E-state index contributed by atoms with van der Waals surface area (Å²) in [6.45, 7) is 1.90. The molecule has 1 aromatic heterocycles. The number of aromatic amines is 1. The molecule has 0 atom stereocenters. The number of rotatable bonds is 5. The van der Waals surface area contributed by atoms with Crippen LogP contribution in [0.3, 0.4) is 0 Å². The van der Waals surface area contributed by atoms with Gasteiger partial charge >= 0.3 is 0 Å². The van der Waals surface area contributed by atoms with Gasteiger partial charge in [-0.25, -0.2) is 8.42 Å². The minimum Gasteiger partial charge on any atom is -0.279 e. The molecule has 0 fully saturated rings. The van der Waals surface area contributed by atoms with E-state index >= 15 is 0 Å². The fourth-order valence-corrected chi connectivity index (χ4v) is 4.09. The summed E-state index contributed by atoms with van der Waals surface area (Å²) in [4.78, 5) is 0.148. The van der Waals surface area contributed by atoms with Gasteiger partial charge in [0.25, 0.3) is 10.0 Å². The predicted molar refractivity (Wildman–Crippen MR) is 112 cm³/mol. The highest BCUT2D eigenvalue weighted by Crippen LogP contribution is 2.29. The lowest BCUT2D eigenvalue weighted by atomic mass is 10.1. The Hall–Kier alpha value is -3.23. The number of halogens is 1. The largest absolute Gasteiger partial charge is 0.279 e. The molecule has 0 saturated heterocycles. The molecule has 3 aromatic carbocycles. The summed E-state index contributed by atoms with van der Waals surface area (Å²) < 4.78 is 28.4. The first-order valence-corrected chi connectivity index (χ1v) is 10.5. The Balaban J connectivity index is 1.64. The molecule has 4 rings (SSSR count). The Kier molecular flexibility index (Phi) is 5.04. The number of nitrogens with one attached hydrogen (secondary N) is 2. The molecule has 4 aromatic rings. The number of hydrogen-bond donors (Lipinski definition) is 2. The minimum absolute atomic E-state index is 0.148. The molecule has 29 heavy (non-hydrogen) atoms. The minimum atomic E-state index is -3.80. The van der Waals surface area contributed by atoms with Crippen LogP contribution in [0.15, 0.2) is 71.6 Å². The second-order valence-electron chi connectivity index (χ2n) is 6.42. The van der Waals surface area contributed by atoms with Crippen LogP contribution in [0.1, 0.15) is 5.56 Å². The van der Waals surface area contributed by atoms with E-state index < -0.39 is 10.0 Å². The van der Waals surface area contributed by atoms with Crippen molar-refractivity contribution < 1.29 is 8.42 Å². The first-order chi connectivity index (χ1) is 13.9. The summed E-state index contributed by atoms with van der Waals surface area (Å²) in [6, 6.07) is 19.3. The van der Waals surface area contributed by atoms with Crippen LogP contribution in [-0.2, 0) is 10.0 Å². The average Bonchev–Trinajstić information content (AvgIpc) is 3.25. The molecule has 2 N–H and O–H groups in total. The van der Waals surface area contributed by atoms with Gasteiger partial charge in [-0.2, -0.15) is 5.21 Å². The molecule has 0 amide bonds. The first-order valence-electron chi connectivity index (χ1n) is 8.66. The molecule has 9 heteroatoms. The van der Waals surface area contributed by atoms with Gasteiger partial charge in [-0.3, -0.25) is 4.72 Å². The molecule has 0 bridgehead atoms. The molecule has 0 aliphatic heterocycles. The van der Waals surface area contributed by atoms with E-state index in [9.17, 15) is 8.42 Å². The third-order valence-corrected chi connectivity index (χ3v) is 5.98. The summed E-state index contributed by atoms with van der Waals surface area (Å²) in [6.07, 6.45) is 0. The number of aryl methyl sites for hydroxylation is 1. The van der Waals surface area contributed by atoms with Crippen LogP contribution < -0.4 is 4.72 Å². The molecule has 0 unspecified atom stereocenters. The third-order valence-electron chi connectivity index (χ3n) is 4.35. The Bertz CT molecular complexity index is 1240. The molecular formula is C20H16ClN5O2S. The van der Waals surface area contributed by atoms with Gasteiger partial charge in [0, 0.05) is 10.6 Å². The van der Waals surface area contributed by atoms with E-state index in [1.807, 2.05) is 25.1 Å². The van der Waals surface area contributed by atoms with E-state index in [0.29, 0.717) is 22.1 Å². The number of tetrazole rings is 1. The lowest BCUT2D eigenvalue weighted by Crippen LogP contribution is -2.13. The zero-order valence-corrected chi connectivity index (χ0v) is 16.9. The Morgan fingerprint density at radius 3 is 2.21 bits per heavy atom. The number of benzene rings is 3. The van der Waals surface area contributed by atoms with Gasteiger partial charge in [-0.15, -0.1) is 10.2 Å². The van der Waals surface area contributed by atoms with Gasteiger partial charge in [-0.05, 0) is 59.7 Å². The van der Waals surface area contributed by atoms with Gasteiger partial charge in [0.2, 0.25) is 5.82 Å². The molecule has 146 valence electrons. The standard InChI is InChI=1S/C20H16ClN5O2S/c1-13-2-11-19(18(12-13)20-22-25-26-23-20)24-29(27,28)17-9-5-15(6-10-17)14-3-7-16(21)8-4-14/h2-12,24H,1H3,(H,22,23,25,26). The molecular weight excluding hydrogens is 410 g/mol. The van der Waals surface area contributed by atoms with Gasteiger partial charge in [0.15, 0.2) is 0 Å². The average molecular weight is 426 g/mol. The van der Waals surface area contributed by atoms with Crippen molar-refractivity contribution in [2.24, 2.45) is 0 Å². The normalized spacial score (nSPS) is 11.4. The molecule has 0 aliphatic carbocycles. The maximum Gasteiger partial charge on any atom is 0.261 e. The van der Waals surface area contributed by atoms with Crippen molar-refractivity contribution in [2.75, 3.05) is 4.72 Å². The quantitative estimate of drug-likeness (QED) is 0.496. The molecule has 1 heterocycles. The lowest BCUT2D eigenvalue weighted by molar-refractivity contribution is 0.601. The fraction of sp³-hybridized carbons (Fsp3) is 0.0500. The number of aromatic nitrogens is 4. The summed E-state index contributed by atoms with van der Waals surface area (Å²) in [5.74, 6) is 0.310. The Labute approximate surface area is 172 Å². The summed E-state index contributed by atoms with van der Waals surface area (Å²) >= 11 is 5.92. The van der Waals surface area contributed by atoms with Crippen molar-refractivity contribution in [3.63, 3.8) is 0 Å². The van der Waals surface area contributed by atoms with Gasteiger partial charge in [0.1, 0.15) is 0 Å². The van der Waals surface area contributed by atoms with Crippen LogP contribution in [0.4, 0.5) is 5.69 Å². The molecule has 0 saturated carbocycles. The monoisotopic (exact) mass is 425 g/mol. The second kappa shape index (κ2) is 7.65. The van der Waals surface area contributed by atoms with E-state index in [1.165, 1.54) is 0 Å². The van der Waals surface area contributed by atoms with Crippen molar-refractivity contribution in [3.8, 4) is 22.5 Å². The molecule has 0 radical (unpaired) electrons. The summed E-state index contributed by atoms with van der Waals surface area (Å²) in [7, 11) is -3.80. The van der Waals surface area contributed by atoms with E-state index in [0.717, 1.165) is 16.7 Å². The van der Waals surface area contributed by atoms with Crippen LogP contribution in [0.2, 0.25) is 5.02 Å². The smallest absolute Gasteiger partial charge is 0.261 e. The maximum atomic E-state index is 12.9. The van der Waals surface area contributed by atoms with Crippen LogP contribution >= 0.6 is 11.6 Å². The first kappa shape index (κ1) is 19.1. The predicted octanol–water partition coefficient (Wildman–Crippen LogP) is 4.30. The van der Waals surface area contributed by atoms with Crippen LogP contribution in [0.25, 0.3) is 22.5 Å². The Morgan fingerprint density at radius 1 is 0.931 bits per heavy atom. The number of hydrogen-bond acceptors (Lipinski definition) is 5. The van der Waals surface area contributed by atoms with Crippen LogP contribution in [0.5, 0.6) is 0 Å². The molecule has 0 aliphatic rings. The Morgan fingerprint density at radius 2 is 1.59 bits per heavy atom. The van der Waals surface area contributed by atoms with Crippen molar-refractivity contribution in [1.29, 1.82) is 0 Å². The third kappa shape index (κ3) is 4.13. The molecule has 7 nitrogen and oxygen atoms in total. The molecule has 0 spiro atoms. The maximum absolute atomic E-state index is 12.9. The summed E-state index contributed by atoms with van der Waals surface area (Å²) in [5.41, 5.74) is 3.70. The van der Waals surface area contributed by atoms with E-state index in [2.05, 4.69) is 25.3 Å². The fourth-order valence-electron chi connectivity index (χ4n) is 2.88. The van der Waals surface area contributed by atoms with Gasteiger partial charge < -0.3 is 0 Å². The van der Waals surface area contributed by atoms with E-state index in [1.54, 1.807) is 48.5 Å². The van der Waals surface area contributed by atoms with E-state index in [-0.39, 0.29) is 4.90 Å². The van der Waals surface area contributed by atoms with Crippen molar-refractivity contribution in [1.82, 2.24) is 20.6 Å². The highest BCUT2D eigenvalue weighted by Gasteiger charge is 2.18. The number of H-pyrrole nitrogens is 1. The lowest BCUT2D eigenvalue weighted by Gasteiger charge is -2.12. The summed E-state index contributed by atoms with van der Waals surface area (Å²) in [5, 5.41) is 14.5. The van der Waals surface area contributed by atoms with E-state index in [4.69, 9.17) is 11.6 Å². The highest BCUT2D eigenvalue weighted by atomic mass is 35.5. The topological polar surface area (TPSA) is 101 Å². The van der Waals surface area contributed by atoms with Gasteiger partial charge in [-0.1, -0.05) is 47.5 Å². The number of sulfonamides is 1. The zero-order valence-electron chi connectivity index (χ0n) is 15.3. The van der Waals surface area contributed by atoms with Crippen molar-refractivity contribution >= 4 is 27.3 Å². The zero-order chi connectivity index (χ0) is 20.4. The highest BCUT2D eigenvalue weighted by molar-refractivity contribution is 7.92. The van der Waals surface area contributed by atoms with Crippen molar-refractivity contribution in [2.45, 2.75) is 11.8 Å². The van der Waals surface area contributed by atoms with Gasteiger partial charge in [0.05, 0.1) is 10.6 Å². The van der Waals surface area contributed by atoms with Crippen LogP contribution in [-0.4, -0.2) is 29.0 Å². The van der Waals surface area contributed by atoms with Crippen molar-refractivity contribution in [3.05, 3.63) is 77.3 Å². The SMILES string of the molecule is Cc1ccc(NS(=O)(=O)c2ccc(-c3ccc(Cl)cc3)cc2)c(-c2nn[nH]n2)c1. The number of anilines is 1. The number of nitrogens with zero attached hydrogens (tertiary/aromatic N) is 3.